The summed E-state index contributed by atoms with van der Waals surface area (Å²) in [5, 5.41) is 9.92. The van der Waals surface area contributed by atoms with Gasteiger partial charge in [0.1, 0.15) is 18.3 Å². The van der Waals surface area contributed by atoms with Gasteiger partial charge < -0.3 is 18.7 Å². The maximum Gasteiger partial charge on any atom is 0.349 e. The Morgan fingerprint density at radius 3 is 2.06 bits per heavy atom. The van der Waals surface area contributed by atoms with Gasteiger partial charge >= 0.3 is 8.56 Å². The Balaban J connectivity index is 2.33. The van der Waals surface area contributed by atoms with Gasteiger partial charge in [0.05, 0.1) is 13.2 Å². The number of aliphatic hydroxyl groups excluding tert-OH is 1. The van der Waals surface area contributed by atoms with Crippen LogP contribution in [0.25, 0.3) is 0 Å². The Morgan fingerprint density at radius 2 is 1.56 bits per heavy atom. The van der Waals surface area contributed by atoms with Crippen LogP contribution in [0.1, 0.15) is 41.5 Å². The quantitative estimate of drug-likeness (QED) is 0.688. The number of hydrogen-bond donors (Lipinski definition) is 1. The Bertz CT molecular complexity index is 304. The zero-order valence-electron chi connectivity index (χ0n) is 12.3. The normalized spacial score (nSPS) is 36.5. The lowest BCUT2D eigenvalue weighted by Crippen LogP contribution is -2.65. The first-order valence-corrected chi connectivity index (χ1v) is 8.51. The van der Waals surface area contributed by atoms with Crippen molar-refractivity contribution >= 4 is 8.56 Å². The molecule has 0 aromatic carbocycles. The minimum Gasteiger partial charge on any atom is -0.391 e. The van der Waals surface area contributed by atoms with Crippen molar-refractivity contribution in [2.75, 3.05) is 13.2 Å². The maximum atomic E-state index is 10.0. The summed E-state index contributed by atoms with van der Waals surface area (Å²) in [7, 11) is -2.45. The third-order valence-corrected chi connectivity index (χ3v) is 9.08. The fourth-order valence-electron chi connectivity index (χ4n) is 3.29. The maximum absolute atomic E-state index is 10.0. The summed E-state index contributed by atoms with van der Waals surface area (Å²) >= 11 is 0. The lowest BCUT2D eigenvalue weighted by molar-refractivity contribution is -0.0672. The van der Waals surface area contributed by atoms with E-state index in [1.54, 1.807) is 0 Å². The van der Waals surface area contributed by atoms with Crippen LogP contribution >= 0.6 is 0 Å². The van der Waals surface area contributed by atoms with E-state index in [0.717, 1.165) is 0 Å². The van der Waals surface area contributed by atoms with E-state index in [4.69, 9.17) is 13.6 Å². The summed E-state index contributed by atoms with van der Waals surface area (Å²) in [5.41, 5.74) is 0. The molecule has 0 bridgehead atoms. The molecule has 3 unspecified atom stereocenters. The van der Waals surface area contributed by atoms with Gasteiger partial charge in [-0.25, -0.2) is 0 Å². The minimum atomic E-state index is -2.45. The van der Waals surface area contributed by atoms with Crippen molar-refractivity contribution in [1.82, 2.24) is 0 Å². The van der Waals surface area contributed by atoms with E-state index in [9.17, 15) is 5.11 Å². The zero-order valence-corrected chi connectivity index (χ0v) is 13.3. The topological polar surface area (TPSA) is 47.9 Å². The van der Waals surface area contributed by atoms with Gasteiger partial charge in [0.15, 0.2) is 0 Å². The molecule has 2 saturated heterocycles. The van der Waals surface area contributed by atoms with Gasteiger partial charge in [-0.15, -0.1) is 0 Å². The number of aliphatic hydroxyl groups is 1. The Hall–Kier alpha value is 0.0569. The summed E-state index contributed by atoms with van der Waals surface area (Å²) < 4.78 is 18.1. The second-order valence-corrected chi connectivity index (χ2v) is 12.2. The van der Waals surface area contributed by atoms with Gasteiger partial charge in [0, 0.05) is 10.1 Å². The first-order valence-electron chi connectivity index (χ1n) is 6.70. The van der Waals surface area contributed by atoms with Gasteiger partial charge in [-0.05, 0) is 0 Å². The fraction of sp³-hybridized carbons (Fsp3) is 1.00. The summed E-state index contributed by atoms with van der Waals surface area (Å²) in [4.78, 5) is 0. The number of fused-ring (bicyclic) bond motifs is 1. The third kappa shape index (κ3) is 2.06. The summed E-state index contributed by atoms with van der Waals surface area (Å²) in [6, 6.07) is 0. The average Bonchev–Trinajstić information content (AvgIpc) is 2.56. The van der Waals surface area contributed by atoms with Crippen molar-refractivity contribution in [2.24, 2.45) is 0 Å². The molecule has 2 aliphatic rings. The van der Waals surface area contributed by atoms with E-state index in [0.29, 0.717) is 13.2 Å². The molecule has 0 radical (unpaired) electrons. The molecule has 106 valence electrons. The molecule has 0 spiro atoms. The minimum absolute atomic E-state index is 0.0431. The fourth-order valence-corrected chi connectivity index (χ4v) is 8.28. The lowest BCUT2D eigenvalue weighted by atomic mass is 10.2. The Kier molecular flexibility index (Phi) is 3.44. The highest BCUT2D eigenvalue weighted by Gasteiger charge is 2.63. The molecule has 5 heteroatoms. The summed E-state index contributed by atoms with van der Waals surface area (Å²) in [6.07, 6.45) is -0.843. The van der Waals surface area contributed by atoms with E-state index in [1.165, 1.54) is 0 Å². The van der Waals surface area contributed by atoms with Crippen molar-refractivity contribution in [3.05, 3.63) is 0 Å². The molecule has 0 saturated carbocycles. The van der Waals surface area contributed by atoms with Gasteiger partial charge in [-0.2, -0.15) is 0 Å². The van der Waals surface area contributed by atoms with Crippen LogP contribution in [0, 0.1) is 0 Å². The van der Waals surface area contributed by atoms with E-state index >= 15 is 0 Å². The first-order chi connectivity index (χ1) is 8.08. The first kappa shape index (κ1) is 14.5. The third-order valence-electron chi connectivity index (χ3n) is 3.95. The molecule has 0 aliphatic carbocycles. The number of rotatable bonds is 0. The van der Waals surface area contributed by atoms with Crippen LogP contribution in [0.5, 0.6) is 0 Å². The predicted octanol–water partition coefficient (Wildman–Crippen LogP) is 2.20. The SMILES string of the molecule is CC(C)(C)[Si]1(C(C)(C)C)OCC2OCC(O)C2O1. The van der Waals surface area contributed by atoms with Crippen molar-refractivity contribution in [1.29, 1.82) is 0 Å². The number of hydrogen-bond acceptors (Lipinski definition) is 4. The lowest BCUT2D eigenvalue weighted by Gasteiger charge is -2.53. The van der Waals surface area contributed by atoms with Crippen molar-refractivity contribution < 1.29 is 18.7 Å². The molecule has 2 fully saturated rings. The second kappa shape index (κ2) is 4.28. The van der Waals surface area contributed by atoms with E-state index in [2.05, 4.69) is 41.5 Å². The van der Waals surface area contributed by atoms with Crippen molar-refractivity contribution in [3.8, 4) is 0 Å². The highest BCUT2D eigenvalue weighted by atomic mass is 28.4. The summed E-state index contributed by atoms with van der Waals surface area (Å²) in [5.74, 6) is 0. The molecule has 0 aromatic heterocycles. The molecular formula is C13H26O4Si. The Morgan fingerprint density at radius 1 is 1.00 bits per heavy atom. The summed E-state index contributed by atoms with van der Waals surface area (Å²) in [6.45, 7) is 13.9. The van der Waals surface area contributed by atoms with E-state index < -0.39 is 14.7 Å². The van der Waals surface area contributed by atoms with E-state index in [-0.39, 0.29) is 22.3 Å². The molecule has 2 aliphatic heterocycles. The molecule has 18 heavy (non-hydrogen) atoms. The van der Waals surface area contributed by atoms with Gasteiger partial charge in [0.25, 0.3) is 0 Å². The van der Waals surface area contributed by atoms with Crippen molar-refractivity contribution in [2.45, 2.75) is 69.9 Å². The van der Waals surface area contributed by atoms with Crippen LogP contribution in [0.2, 0.25) is 10.1 Å². The van der Waals surface area contributed by atoms with Crippen LogP contribution in [0.3, 0.4) is 0 Å². The van der Waals surface area contributed by atoms with Crippen molar-refractivity contribution in [3.63, 3.8) is 0 Å². The van der Waals surface area contributed by atoms with Crippen LogP contribution in [-0.4, -0.2) is 45.2 Å². The molecule has 1 N–H and O–H groups in total. The molecule has 2 heterocycles. The standard InChI is InChI=1S/C13H26O4Si/c1-12(2,3)18(13(4,5)6)16-8-10-11(17-18)9(14)7-15-10/h9-11,14H,7-8H2,1-6H3. The smallest absolute Gasteiger partial charge is 0.349 e. The average molecular weight is 274 g/mol. The highest BCUT2D eigenvalue weighted by molar-refractivity contribution is 6.73. The largest absolute Gasteiger partial charge is 0.391 e. The van der Waals surface area contributed by atoms with Crippen LogP contribution < -0.4 is 0 Å². The van der Waals surface area contributed by atoms with Gasteiger partial charge in [-0.3, -0.25) is 0 Å². The van der Waals surface area contributed by atoms with Crippen LogP contribution in [-0.2, 0) is 13.6 Å². The number of ether oxygens (including phenoxy) is 1. The molecule has 0 aromatic rings. The van der Waals surface area contributed by atoms with Gasteiger partial charge in [0.2, 0.25) is 0 Å². The van der Waals surface area contributed by atoms with E-state index in [1.807, 2.05) is 0 Å². The monoisotopic (exact) mass is 274 g/mol. The zero-order chi connectivity index (χ0) is 13.8. The predicted molar refractivity (Wildman–Crippen MR) is 71.8 cm³/mol. The van der Waals surface area contributed by atoms with Crippen LogP contribution in [0.15, 0.2) is 0 Å². The molecule has 4 nitrogen and oxygen atoms in total. The van der Waals surface area contributed by atoms with Crippen LogP contribution in [0.4, 0.5) is 0 Å². The Labute approximate surface area is 111 Å². The molecule has 2 rings (SSSR count). The second-order valence-electron chi connectivity index (χ2n) is 7.45. The highest BCUT2D eigenvalue weighted by Crippen LogP contribution is 2.54. The molecule has 3 atom stereocenters. The van der Waals surface area contributed by atoms with Gasteiger partial charge in [-0.1, -0.05) is 41.5 Å². The molecular weight excluding hydrogens is 248 g/mol. The molecule has 0 amide bonds.